The van der Waals surface area contributed by atoms with Crippen LogP contribution in [0.25, 0.3) is 0 Å². The number of hydrogen-bond donors (Lipinski definition) is 1. The van der Waals surface area contributed by atoms with Crippen molar-refractivity contribution in [2.24, 2.45) is 0 Å². The molecule has 3 heteroatoms. The van der Waals surface area contributed by atoms with Crippen molar-refractivity contribution in [1.82, 2.24) is 10.2 Å². The number of H-pyrrole nitrogens is 1. The molecule has 0 radical (unpaired) electrons. The molecule has 0 bridgehead atoms. The smallest absolute Gasteiger partial charge is 0.157 e. The van der Waals surface area contributed by atoms with Crippen molar-refractivity contribution in [3.05, 3.63) is 12.4 Å². The normalized spacial score (nSPS) is 11.5. The first-order chi connectivity index (χ1) is 4.58. The molecule has 1 aromatic rings. The summed E-state index contributed by atoms with van der Waals surface area (Å²) in [5.74, 6) is 0.785. The molecule has 0 amide bonds. The predicted octanol–water partition coefficient (Wildman–Crippen LogP) is 1.59. The quantitative estimate of drug-likeness (QED) is 0.643. The minimum atomic E-state index is -0.135. The lowest BCUT2D eigenvalue weighted by molar-refractivity contribution is 0.131. The Labute approximate surface area is 60.4 Å². The van der Waals surface area contributed by atoms with Gasteiger partial charge in [0, 0.05) is 0 Å². The summed E-state index contributed by atoms with van der Waals surface area (Å²) in [6.45, 7) is 6.00. The number of aromatic nitrogens is 2. The van der Waals surface area contributed by atoms with Crippen molar-refractivity contribution < 1.29 is 4.74 Å². The van der Waals surface area contributed by atoms with Crippen LogP contribution in [0.2, 0.25) is 0 Å². The summed E-state index contributed by atoms with van der Waals surface area (Å²) in [6.07, 6.45) is 3.39. The van der Waals surface area contributed by atoms with Crippen LogP contribution >= 0.6 is 0 Å². The first kappa shape index (κ1) is 7.12. The third-order valence-corrected chi connectivity index (χ3v) is 0.897. The number of ether oxygens (including phenoxy) is 1. The fraction of sp³-hybridized carbons (Fsp3) is 0.571. The van der Waals surface area contributed by atoms with Gasteiger partial charge in [-0.15, -0.1) is 0 Å². The molecule has 10 heavy (non-hydrogen) atoms. The number of rotatable bonds is 1. The van der Waals surface area contributed by atoms with Crippen molar-refractivity contribution in [3.8, 4) is 5.75 Å². The molecule has 0 saturated heterocycles. The van der Waals surface area contributed by atoms with Crippen LogP contribution < -0.4 is 4.74 Å². The zero-order valence-electron chi connectivity index (χ0n) is 6.51. The van der Waals surface area contributed by atoms with E-state index >= 15 is 0 Å². The standard InChI is InChI=1S/C7H12N2O/c1-7(2,3)10-6-4-8-9-5-6/h4-5H,1-3H3,(H,8,9). The molecule has 56 valence electrons. The van der Waals surface area contributed by atoms with E-state index in [1.807, 2.05) is 20.8 Å². The molecular formula is C7H12N2O. The summed E-state index contributed by atoms with van der Waals surface area (Å²) in [7, 11) is 0. The van der Waals surface area contributed by atoms with E-state index in [0.29, 0.717) is 0 Å². The molecule has 0 saturated carbocycles. The molecule has 1 N–H and O–H groups in total. The zero-order chi connectivity index (χ0) is 7.61. The SMILES string of the molecule is CC(C)(C)Oc1cn[nH]c1. The van der Waals surface area contributed by atoms with Crippen LogP contribution in [-0.2, 0) is 0 Å². The first-order valence-electron chi connectivity index (χ1n) is 3.26. The minimum absolute atomic E-state index is 0.135. The second kappa shape index (κ2) is 2.33. The van der Waals surface area contributed by atoms with Gasteiger partial charge >= 0.3 is 0 Å². The van der Waals surface area contributed by atoms with Gasteiger partial charge in [0.2, 0.25) is 0 Å². The van der Waals surface area contributed by atoms with Gasteiger partial charge in [-0.3, -0.25) is 5.10 Å². The van der Waals surface area contributed by atoms with Crippen molar-refractivity contribution in [2.45, 2.75) is 26.4 Å². The highest BCUT2D eigenvalue weighted by Crippen LogP contribution is 2.14. The van der Waals surface area contributed by atoms with Gasteiger partial charge in [-0.2, -0.15) is 5.10 Å². The first-order valence-corrected chi connectivity index (χ1v) is 3.26. The molecule has 0 aliphatic rings. The summed E-state index contributed by atoms with van der Waals surface area (Å²) in [5, 5.41) is 6.43. The maximum absolute atomic E-state index is 5.45. The predicted molar refractivity (Wildman–Crippen MR) is 39.0 cm³/mol. The zero-order valence-corrected chi connectivity index (χ0v) is 6.51. The fourth-order valence-electron chi connectivity index (χ4n) is 0.648. The van der Waals surface area contributed by atoms with Crippen LogP contribution in [0, 0.1) is 0 Å². The maximum atomic E-state index is 5.45. The molecule has 1 aromatic heterocycles. The monoisotopic (exact) mass is 140 g/mol. The summed E-state index contributed by atoms with van der Waals surface area (Å²) in [6, 6.07) is 0. The van der Waals surface area contributed by atoms with Crippen LogP contribution in [0.1, 0.15) is 20.8 Å². The van der Waals surface area contributed by atoms with E-state index in [9.17, 15) is 0 Å². The minimum Gasteiger partial charge on any atom is -0.485 e. The second-order valence-corrected chi connectivity index (χ2v) is 3.15. The lowest BCUT2D eigenvalue weighted by atomic mass is 10.2. The molecule has 0 aromatic carbocycles. The lowest BCUT2D eigenvalue weighted by Gasteiger charge is -2.19. The molecule has 1 heterocycles. The Kier molecular flexibility index (Phi) is 1.66. The third-order valence-electron chi connectivity index (χ3n) is 0.897. The van der Waals surface area contributed by atoms with Crippen LogP contribution in [0.3, 0.4) is 0 Å². The topological polar surface area (TPSA) is 37.9 Å². The van der Waals surface area contributed by atoms with E-state index in [4.69, 9.17) is 4.74 Å². The Bertz CT molecular complexity index is 186. The van der Waals surface area contributed by atoms with Gasteiger partial charge in [-0.1, -0.05) is 0 Å². The number of nitrogens with zero attached hydrogens (tertiary/aromatic N) is 1. The summed E-state index contributed by atoms with van der Waals surface area (Å²) >= 11 is 0. The Balaban J connectivity index is 2.57. The summed E-state index contributed by atoms with van der Waals surface area (Å²) in [4.78, 5) is 0. The molecule has 0 unspecified atom stereocenters. The third kappa shape index (κ3) is 2.09. The van der Waals surface area contributed by atoms with Gasteiger partial charge in [0.05, 0.1) is 12.4 Å². The molecule has 0 aliphatic heterocycles. The van der Waals surface area contributed by atoms with Gasteiger partial charge in [-0.05, 0) is 20.8 Å². The van der Waals surface area contributed by atoms with Gasteiger partial charge in [0.25, 0.3) is 0 Å². The molecule has 1 rings (SSSR count). The molecule has 0 spiro atoms. The van der Waals surface area contributed by atoms with Crippen molar-refractivity contribution in [1.29, 1.82) is 0 Å². The van der Waals surface area contributed by atoms with Crippen LogP contribution in [0.5, 0.6) is 5.75 Å². The number of nitrogens with one attached hydrogen (secondary N) is 1. The molecule has 0 aliphatic carbocycles. The maximum Gasteiger partial charge on any atom is 0.157 e. The molecule has 3 nitrogen and oxygen atoms in total. The van der Waals surface area contributed by atoms with Crippen molar-refractivity contribution in [3.63, 3.8) is 0 Å². The largest absolute Gasteiger partial charge is 0.485 e. The summed E-state index contributed by atoms with van der Waals surface area (Å²) < 4.78 is 5.45. The Morgan fingerprint density at radius 1 is 1.50 bits per heavy atom. The van der Waals surface area contributed by atoms with Gasteiger partial charge in [0.1, 0.15) is 5.60 Å². The molecular weight excluding hydrogens is 128 g/mol. The van der Waals surface area contributed by atoms with Gasteiger partial charge in [-0.25, -0.2) is 0 Å². The van der Waals surface area contributed by atoms with Crippen molar-refractivity contribution in [2.75, 3.05) is 0 Å². The van der Waals surface area contributed by atoms with Crippen LogP contribution in [0.4, 0.5) is 0 Å². The van der Waals surface area contributed by atoms with Crippen LogP contribution in [-0.4, -0.2) is 15.8 Å². The van der Waals surface area contributed by atoms with Gasteiger partial charge in [0.15, 0.2) is 5.75 Å². The highest BCUT2D eigenvalue weighted by Gasteiger charge is 2.11. The van der Waals surface area contributed by atoms with E-state index in [1.54, 1.807) is 12.4 Å². The molecule has 0 atom stereocenters. The van der Waals surface area contributed by atoms with E-state index in [2.05, 4.69) is 10.2 Å². The Morgan fingerprint density at radius 3 is 2.60 bits per heavy atom. The summed E-state index contributed by atoms with van der Waals surface area (Å²) in [5.41, 5.74) is -0.135. The Morgan fingerprint density at radius 2 is 2.20 bits per heavy atom. The van der Waals surface area contributed by atoms with E-state index in [1.165, 1.54) is 0 Å². The fourth-order valence-corrected chi connectivity index (χ4v) is 0.648. The average Bonchev–Trinajstić information content (AvgIpc) is 2.12. The Hall–Kier alpha value is -0.990. The molecule has 0 fully saturated rings. The highest BCUT2D eigenvalue weighted by molar-refractivity contribution is 5.11. The second-order valence-electron chi connectivity index (χ2n) is 3.15. The van der Waals surface area contributed by atoms with Crippen molar-refractivity contribution >= 4 is 0 Å². The van der Waals surface area contributed by atoms with E-state index in [0.717, 1.165) is 5.75 Å². The van der Waals surface area contributed by atoms with Gasteiger partial charge < -0.3 is 4.74 Å². The van der Waals surface area contributed by atoms with Crippen LogP contribution in [0.15, 0.2) is 12.4 Å². The number of hydrogen-bond acceptors (Lipinski definition) is 2. The number of aromatic amines is 1. The van der Waals surface area contributed by atoms with E-state index in [-0.39, 0.29) is 5.60 Å². The van der Waals surface area contributed by atoms with E-state index < -0.39 is 0 Å². The average molecular weight is 140 g/mol. The lowest BCUT2D eigenvalue weighted by Crippen LogP contribution is -2.22. The highest BCUT2D eigenvalue weighted by atomic mass is 16.5.